The Labute approximate surface area is 202 Å². The minimum atomic E-state index is -0.131. The first-order chi connectivity index (χ1) is 16.7. The highest BCUT2D eigenvalue weighted by atomic mass is 32.2. The van der Waals surface area contributed by atoms with Gasteiger partial charge in [0.25, 0.3) is 11.1 Å². The maximum absolute atomic E-state index is 13.0. The van der Waals surface area contributed by atoms with Gasteiger partial charge in [0.05, 0.1) is 0 Å². The normalized spacial score (nSPS) is 13.9. The molecule has 0 spiro atoms. The van der Waals surface area contributed by atoms with E-state index in [0.717, 1.165) is 47.3 Å². The van der Waals surface area contributed by atoms with Crippen LogP contribution in [0.2, 0.25) is 0 Å². The Bertz CT molecular complexity index is 1300. The van der Waals surface area contributed by atoms with Crippen LogP contribution in [0.15, 0.2) is 82.4 Å². The molecule has 34 heavy (non-hydrogen) atoms. The lowest BCUT2D eigenvalue weighted by molar-refractivity contribution is -0.119. The van der Waals surface area contributed by atoms with Gasteiger partial charge in [-0.25, -0.2) is 4.98 Å². The Morgan fingerprint density at radius 3 is 2.76 bits per heavy atom. The van der Waals surface area contributed by atoms with Crippen LogP contribution < -0.4 is 10.2 Å². The molecule has 2 amide bonds. The summed E-state index contributed by atoms with van der Waals surface area (Å²) in [7, 11) is 0. The minimum Gasteiger partial charge on any atom is -0.431 e. The zero-order valence-electron chi connectivity index (χ0n) is 18.7. The van der Waals surface area contributed by atoms with E-state index in [1.54, 1.807) is 0 Å². The maximum Gasteiger partial charge on any atom is 0.257 e. The minimum absolute atomic E-state index is 0.131. The average Bonchev–Trinajstić information content (AvgIpc) is 3.30. The van der Waals surface area contributed by atoms with Crippen molar-refractivity contribution in [2.45, 2.75) is 36.8 Å². The van der Waals surface area contributed by atoms with Crippen LogP contribution in [0.1, 0.15) is 40.7 Å². The average molecular weight is 472 g/mol. The summed E-state index contributed by atoms with van der Waals surface area (Å²) in [5.74, 6) is 0.606. The zero-order chi connectivity index (χ0) is 23.3. The molecule has 0 aliphatic carbocycles. The van der Waals surface area contributed by atoms with Gasteiger partial charge in [-0.05, 0) is 54.3 Å². The van der Waals surface area contributed by atoms with Crippen LogP contribution in [-0.2, 0) is 17.1 Å². The zero-order valence-corrected chi connectivity index (χ0v) is 19.5. The van der Waals surface area contributed by atoms with Crippen molar-refractivity contribution in [1.82, 2.24) is 10.3 Å². The maximum atomic E-state index is 13.0. The molecule has 0 saturated carbocycles. The summed E-state index contributed by atoms with van der Waals surface area (Å²) >= 11 is 1.47. The van der Waals surface area contributed by atoms with Crippen molar-refractivity contribution in [3.05, 3.63) is 89.5 Å². The van der Waals surface area contributed by atoms with E-state index in [1.165, 1.54) is 11.8 Å². The number of hydrogen-bond donors (Lipinski definition) is 1. The number of oxazole rings is 1. The predicted molar refractivity (Wildman–Crippen MR) is 134 cm³/mol. The highest BCUT2D eigenvalue weighted by Crippen LogP contribution is 2.27. The second-order valence-electron chi connectivity index (χ2n) is 8.25. The number of hydrogen-bond acceptors (Lipinski definition) is 5. The van der Waals surface area contributed by atoms with Crippen molar-refractivity contribution in [3.63, 3.8) is 0 Å². The molecule has 2 heterocycles. The molecule has 3 aromatic carbocycles. The van der Waals surface area contributed by atoms with Gasteiger partial charge < -0.3 is 14.6 Å². The fourth-order valence-corrected chi connectivity index (χ4v) is 4.95. The number of piperidine rings is 1. The Balaban J connectivity index is 1.24. The number of nitrogens with one attached hydrogen (secondary N) is 1. The van der Waals surface area contributed by atoms with E-state index in [9.17, 15) is 9.59 Å². The van der Waals surface area contributed by atoms with Gasteiger partial charge >= 0.3 is 0 Å². The van der Waals surface area contributed by atoms with Crippen molar-refractivity contribution in [3.8, 4) is 0 Å². The predicted octanol–water partition coefficient (Wildman–Crippen LogP) is 5.57. The van der Waals surface area contributed by atoms with Gasteiger partial charge in [-0.2, -0.15) is 0 Å². The molecular weight excluding hydrogens is 446 g/mol. The summed E-state index contributed by atoms with van der Waals surface area (Å²) in [6.45, 7) is 1.14. The molecule has 1 aromatic heterocycles. The highest BCUT2D eigenvalue weighted by molar-refractivity contribution is 7.98. The third-order valence-corrected chi connectivity index (χ3v) is 6.76. The van der Waals surface area contributed by atoms with Gasteiger partial charge in [0.15, 0.2) is 5.58 Å². The van der Waals surface area contributed by atoms with Crippen LogP contribution >= 0.6 is 11.8 Å². The van der Waals surface area contributed by atoms with Crippen molar-refractivity contribution in [2.75, 3.05) is 11.4 Å². The molecule has 1 fully saturated rings. The second kappa shape index (κ2) is 10.1. The van der Waals surface area contributed by atoms with E-state index in [4.69, 9.17) is 4.42 Å². The standard InChI is InChI=1S/C27H25N3O3S/c31-25-14-5-6-15-30(25)21-10-7-8-19(16-21)17-28-26(32)22-11-2-1-9-20(22)18-34-27-29-23-12-3-4-13-24(23)33-27/h1-4,7-13,16H,5-6,14-15,17-18H2,(H,28,32). The molecule has 7 heteroatoms. The number of aromatic nitrogens is 1. The summed E-state index contributed by atoms with van der Waals surface area (Å²) in [5.41, 5.74) is 4.98. The van der Waals surface area contributed by atoms with Crippen LogP contribution in [0.4, 0.5) is 5.69 Å². The number of thioether (sulfide) groups is 1. The van der Waals surface area contributed by atoms with E-state index < -0.39 is 0 Å². The fourth-order valence-electron chi connectivity index (χ4n) is 4.11. The van der Waals surface area contributed by atoms with Crippen molar-refractivity contribution in [1.29, 1.82) is 0 Å². The summed E-state index contributed by atoms with van der Waals surface area (Å²) in [5, 5.41) is 3.61. The van der Waals surface area contributed by atoms with Gasteiger partial charge in [0.1, 0.15) is 5.52 Å². The van der Waals surface area contributed by atoms with Crippen molar-refractivity contribution in [2.24, 2.45) is 0 Å². The SMILES string of the molecule is O=C(NCc1cccc(N2CCCCC2=O)c1)c1ccccc1CSc1nc2ccccc2o1. The molecule has 0 bridgehead atoms. The molecule has 0 atom stereocenters. The van der Waals surface area contributed by atoms with E-state index in [1.807, 2.05) is 77.7 Å². The molecule has 4 aromatic rings. The van der Waals surface area contributed by atoms with Gasteiger partial charge in [0, 0.05) is 36.5 Å². The summed E-state index contributed by atoms with van der Waals surface area (Å²) in [4.78, 5) is 31.6. The molecule has 5 rings (SSSR count). The Morgan fingerprint density at radius 2 is 1.88 bits per heavy atom. The molecule has 1 N–H and O–H groups in total. The van der Waals surface area contributed by atoms with Gasteiger partial charge in [-0.1, -0.05) is 54.2 Å². The summed E-state index contributed by atoms with van der Waals surface area (Å²) < 4.78 is 5.79. The van der Waals surface area contributed by atoms with Gasteiger partial charge in [-0.15, -0.1) is 0 Å². The number of carbonyl (C=O) groups excluding carboxylic acids is 2. The lowest BCUT2D eigenvalue weighted by Gasteiger charge is -2.27. The number of anilines is 1. The third-order valence-electron chi connectivity index (χ3n) is 5.89. The molecule has 1 aliphatic heterocycles. The number of amides is 2. The molecule has 6 nitrogen and oxygen atoms in total. The van der Waals surface area contributed by atoms with E-state index in [2.05, 4.69) is 10.3 Å². The first kappa shape index (κ1) is 22.2. The molecule has 172 valence electrons. The van der Waals surface area contributed by atoms with Crippen LogP contribution in [0.5, 0.6) is 0 Å². The van der Waals surface area contributed by atoms with E-state index in [0.29, 0.717) is 29.5 Å². The first-order valence-corrected chi connectivity index (χ1v) is 12.4. The molecule has 0 unspecified atom stereocenters. The number of carbonyl (C=O) groups is 2. The molecule has 1 saturated heterocycles. The Hall–Kier alpha value is -3.58. The largest absolute Gasteiger partial charge is 0.431 e. The number of para-hydroxylation sites is 2. The molecular formula is C27H25N3O3S. The van der Waals surface area contributed by atoms with Gasteiger partial charge in [0.2, 0.25) is 5.91 Å². The number of benzene rings is 3. The number of fused-ring (bicyclic) bond motifs is 1. The van der Waals surface area contributed by atoms with Crippen LogP contribution in [-0.4, -0.2) is 23.3 Å². The van der Waals surface area contributed by atoms with Crippen LogP contribution in [0.25, 0.3) is 11.1 Å². The van der Waals surface area contributed by atoms with E-state index >= 15 is 0 Å². The fraction of sp³-hybridized carbons (Fsp3) is 0.222. The summed E-state index contributed by atoms with van der Waals surface area (Å²) in [6.07, 6.45) is 2.57. The van der Waals surface area contributed by atoms with Crippen molar-refractivity contribution < 1.29 is 14.0 Å². The monoisotopic (exact) mass is 471 g/mol. The van der Waals surface area contributed by atoms with Gasteiger partial charge in [-0.3, -0.25) is 9.59 Å². The third kappa shape index (κ3) is 4.99. The van der Waals surface area contributed by atoms with E-state index in [-0.39, 0.29) is 11.8 Å². The lowest BCUT2D eigenvalue weighted by Crippen LogP contribution is -2.35. The van der Waals surface area contributed by atoms with Crippen molar-refractivity contribution >= 4 is 40.4 Å². The quantitative estimate of drug-likeness (QED) is 0.357. The number of rotatable bonds is 7. The topological polar surface area (TPSA) is 75.4 Å². The smallest absolute Gasteiger partial charge is 0.257 e. The Kier molecular flexibility index (Phi) is 6.62. The molecule has 1 aliphatic rings. The Morgan fingerprint density at radius 1 is 1.03 bits per heavy atom. The highest BCUT2D eigenvalue weighted by Gasteiger charge is 2.20. The molecule has 0 radical (unpaired) electrons. The second-order valence-corrected chi connectivity index (χ2v) is 9.17. The van der Waals surface area contributed by atoms with Crippen LogP contribution in [0, 0.1) is 0 Å². The first-order valence-electron chi connectivity index (χ1n) is 11.4. The summed E-state index contributed by atoms with van der Waals surface area (Å²) in [6, 6.07) is 23.1. The lowest BCUT2D eigenvalue weighted by atomic mass is 10.1. The van der Waals surface area contributed by atoms with Crippen LogP contribution in [0.3, 0.4) is 0 Å². The number of nitrogens with zero attached hydrogens (tertiary/aromatic N) is 2.